The van der Waals surface area contributed by atoms with Crippen LogP contribution in [-0.2, 0) is 24.3 Å². The van der Waals surface area contributed by atoms with E-state index in [-0.39, 0.29) is 24.7 Å². The van der Waals surface area contributed by atoms with Crippen molar-refractivity contribution in [2.45, 2.75) is 39.3 Å². The van der Waals surface area contributed by atoms with Crippen molar-refractivity contribution < 1.29 is 19.1 Å². The fourth-order valence-corrected chi connectivity index (χ4v) is 4.19. The average molecular weight is 459 g/mol. The van der Waals surface area contributed by atoms with Gasteiger partial charge in [-0.2, -0.15) is 0 Å². The minimum atomic E-state index is -1.00. The molecule has 6 heteroatoms. The maximum Gasteiger partial charge on any atom is 0.307 e. The highest BCUT2D eigenvalue weighted by Gasteiger charge is 2.24. The maximum atomic E-state index is 13.4. The second kappa shape index (κ2) is 9.91. The first-order valence-corrected chi connectivity index (χ1v) is 11.3. The molecule has 0 aliphatic heterocycles. The smallest absolute Gasteiger partial charge is 0.307 e. The van der Waals surface area contributed by atoms with E-state index in [9.17, 15) is 19.1 Å². The normalized spacial score (nSPS) is 11.2. The van der Waals surface area contributed by atoms with Crippen LogP contribution in [0.15, 0.2) is 72.8 Å². The first kappa shape index (κ1) is 23.2. The molecule has 174 valence electrons. The molecule has 0 atom stereocenters. The van der Waals surface area contributed by atoms with Gasteiger partial charge in [-0.3, -0.25) is 9.59 Å². The van der Waals surface area contributed by atoms with Crippen molar-refractivity contribution in [3.8, 4) is 0 Å². The van der Waals surface area contributed by atoms with Crippen LogP contribution in [0.4, 0.5) is 4.39 Å². The van der Waals surface area contributed by atoms with Gasteiger partial charge in [0, 0.05) is 29.6 Å². The van der Waals surface area contributed by atoms with Crippen LogP contribution >= 0.6 is 0 Å². The summed E-state index contributed by atoms with van der Waals surface area (Å²) in [5, 5.41) is 13.2. The van der Waals surface area contributed by atoms with Gasteiger partial charge < -0.3 is 15.0 Å². The predicted octanol–water partition coefficient (Wildman–Crippen LogP) is 5.51. The predicted molar refractivity (Wildman–Crippen MR) is 130 cm³/mol. The summed E-state index contributed by atoms with van der Waals surface area (Å²) in [6.45, 7) is 4.90. The first-order valence-electron chi connectivity index (χ1n) is 11.3. The standard InChI is InChI=1S/C28H27FN2O3/c1-18(2)21-11-7-20(8-12-21)17-31-25-6-4-3-5-23(25)24(15-26(32)33)27(31)28(34)30-16-19-9-13-22(29)14-10-19/h3-14,18H,15-17H2,1-2H3,(H,30,34)(H,32,33). The molecule has 3 aromatic carbocycles. The van der Waals surface area contributed by atoms with E-state index in [1.165, 1.54) is 17.7 Å². The van der Waals surface area contributed by atoms with E-state index in [0.717, 1.165) is 22.0 Å². The molecule has 0 aliphatic carbocycles. The highest BCUT2D eigenvalue weighted by molar-refractivity contribution is 6.03. The highest BCUT2D eigenvalue weighted by Crippen LogP contribution is 2.28. The Morgan fingerprint density at radius 2 is 1.59 bits per heavy atom. The maximum absolute atomic E-state index is 13.4. The van der Waals surface area contributed by atoms with Gasteiger partial charge in [0.05, 0.1) is 6.42 Å². The number of rotatable bonds is 8. The van der Waals surface area contributed by atoms with Gasteiger partial charge in [0.15, 0.2) is 0 Å². The number of nitrogens with one attached hydrogen (secondary N) is 1. The van der Waals surface area contributed by atoms with Crippen molar-refractivity contribution in [3.05, 3.63) is 107 Å². The van der Waals surface area contributed by atoms with Gasteiger partial charge in [0.1, 0.15) is 11.5 Å². The molecule has 0 unspecified atom stereocenters. The van der Waals surface area contributed by atoms with Crippen molar-refractivity contribution in [2.24, 2.45) is 0 Å². The summed E-state index contributed by atoms with van der Waals surface area (Å²) in [4.78, 5) is 25.1. The Kier molecular flexibility index (Phi) is 6.77. The Balaban J connectivity index is 1.74. The molecule has 2 N–H and O–H groups in total. The largest absolute Gasteiger partial charge is 0.481 e. The van der Waals surface area contributed by atoms with Crippen molar-refractivity contribution in [3.63, 3.8) is 0 Å². The van der Waals surface area contributed by atoms with Crippen molar-refractivity contribution in [2.75, 3.05) is 0 Å². The van der Waals surface area contributed by atoms with Gasteiger partial charge in [-0.25, -0.2) is 4.39 Å². The van der Waals surface area contributed by atoms with Crippen molar-refractivity contribution >= 4 is 22.8 Å². The summed E-state index contributed by atoms with van der Waals surface area (Å²) in [5.41, 5.74) is 4.61. The molecule has 1 amide bonds. The van der Waals surface area contributed by atoms with E-state index in [1.54, 1.807) is 12.1 Å². The summed E-state index contributed by atoms with van der Waals surface area (Å²) in [5.74, 6) is -1.30. The van der Waals surface area contributed by atoms with Crippen LogP contribution in [0, 0.1) is 5.82 Å². The molecular formula is C28H27FN2O3. The molecule has 0 fully saturated rings. The molecular weight excluding hydrogens is 431 g/mol. The summed E-state index contributed by atoms with van der Waals surface area (Å²) >= 11 is 0. The van der Waals surface area contributed by atoms with E-state index in [1.807, 2.05) is 41.0 Å². The summed E-state index contributed by atoms with van der Waals surface area (Å²) in [6.07, 6.45) is -0.265. The first-order chi connectivity index (χ1) is 16.3. The molecule has 4 aromatic rings. The highest BCUT2D eigenvalue weighted by atomic mass is 19.1. The quantitative estimate of drug-likeness (QED) is 0.366. The molecule has 0 bridgehead atoms. The molecule has 0 aliphatic rings. The monoisotopic (exact) mass is 458 g/mol. The zero-order chi connectivity index (χ0) is 24.2. The minimum Gasteiger partial charge on any atom is -0.481 e. The summed E-state index contributed by atoms with van der Waals surface area (Å²) in [7, 11) is 0. The van der Waals surface area contributed by atoms with Gasteiger partial charge in [-0.1, -0.05) is 68.4 Å². The number of aliphatic carboxylic acids is 1. The molecule has 5 nitrogen and oxygen atoms in total. The van der Waals surface area contributed by atoms with E-state index < -0.39 is 5.97 Å². The number of amides is 1. The SMILES string of the molecule is CC(C)c1ccc(Cn2c(C(=O)NCc3ccc(F)cc3)c(CC(=O)O)c3ccccc32)cc1. The Labute approximate surface area is 197 Å². The third kappa shape index (κ3) is 5.01. The Morgan fingerprint density at radius 1 is 0.941 bits per heavy atom. The lowest BCUT2D eigenvalue weighted by Crippen LogP contribution is -2.27. The van der Waals surface area contributed by atoms with Crippen LogP contribution in [0.3, 0.4) is 0 Å². The van der Waals surface area contributed by atoms with E-state index >= 15 is 0 Å². The fourth-order valence-electron chi connectivity index (χ4n) is 4.19. The lowest BCUT2D eigenvalue weighted by atomic mass is 10.0. The number of fused-ring (bicyclic) bond motifs is 1. The molecule has 0 saturated heterocycles. The molecule has 4 rings (SSSR count). The van der Waals surface area contributed by atoms with Crippen LogP contribution in [0.1, 0.15) is 52.5 Å². The number of hydrogen-bond donors (Lipinski definition) is 2. The number of para-hydroxylation sites is 1. The Morgan fingerprint density at radius 3 is 2.24 bits per heavy atom. The summed E-state index contributed by atoms with van der Waals surface area (Å²) in [6, 6.07) is 21.6. The number of halogens is 1. The Hall–Kier alpha value is -3.93. The fraction of sp³-hybridized carbons (Fsp3) is 0.214. The third-order valence-corrected chi connectivity index (χ3v) is 5.97. The number of carbonyl (C=O) groups is 2. The van der Waals surface area contributed by atoms with E-state index in [0.29, 0.717) is 23.7 Å². The second-order valence-electron chi connectivity index (χ2n) is 8.71. The van der Waals surface area contributed by atoms with E-state index in [4.69, 9.17) is 0 Å². The molecule has 34 heavy (non-hydrogen) atoms. The molecule has 0 radical (unpaired) electrons. The second-order valence-corrected chi connectivity index (χ2v) is 8.71. The number of carboxylic acid groups (broad SMARTS) is 1. The minimum absolute atomic E-state index is 0.205. The lowest BCUT2D eigenvalue weighted by Gasteiger charge is -2.14. The Bertz CT molecular complexity index is 1320. The van der Waals surface area contributed by atoms with Gasteiger partial charge in [0.2, 0.25) is 0 Å². The van der Waals surface area contributed by atoms with Crippen LogP contribution in [0.5, 0.6) is 0 Å². The molecule has 1 aromatic heterocycles. The molecule has 0 saturated carbocycles. The topological polar surface area (TPSA) is 71.3 Å². The molecule has 0 spiro atoms. The number of aromatic nitrogens is 1. The zero-order valence-electron chi connectivity index (χ0n) is 19.2. The van der Waals surface area contributed by atoms with Crippen molar-refractivity contribution in [1.82, 2.24) is 9.88 Å². The van der Waals surface area contributed by atoms with Gasteiger partial charge in [-0.15, -0.1) is 0 Å². The lowest BCUT2D eigenvalue weighted by molar-refractivity contribution is -0.136. The van der Waals surface area contributed by atoms with Crippen LogP contribution in [0.25, 0.3) is 10.9 Å². The average Bonchev–Trinajstić information content (AvgIpc) is 3.11. The zero-order valence-corrected chi connectivity index (χ0v) is 19.2. The number of nitrogens with zero attached hydrogens (tertiary/aromatic N) is 1. The van der Waals surface area contributed by atoms with Gasteiger partial charge >= 0.3 is 5.97 Å². The number of carbonyl (C=O) groups excluding carboxylic acids is 1. The molecule has 1 heterocycles. The van der Waals surface area contributed by atoms with E-state index in [2.05, 4.69) is 31.3 Å². The van der Waals surface area contributed by atoms with Crippen molar-refractivity contribution in [1.29, 1.82) is 0 Å². The van der Waals surface area contributed by atoms with Crippen LogP contribution in [0.2, 0.25) is 0 Å². The number of hydrogen-bond acceptors (Lipinski definition) is 2. The number of benzene rings is 3. The summed E-state index contributed by atoms with van der Waals surface area (Å²) < 4.78 is 15.1. The van der Waals surface area contributed by atoms with Gasteiger partial charge in [-0.05, 0) is 40.8 Å². The van der Waals surface area contributed by atoms with Crippen LogP contribution < -0.4 is 5.32 Å². The van der Waals surface area contributed by atoms with Crippen LogP contribution in [-0.4, -0.2) is 21.6 Å². The van der Waals surface area contributed by atoms with Gasteiger partial charge in [0.25, 0.3) is 5.91 Å². The number of carboxylic acids is 1. The third-order valence-electron chi connectivity index (χ3n) is 5.97.